The molecule has 26 heavy (non-hydrogen) atoms. The van der Waals surface area contributed by atoms with E-state index in [2.05, 4.69) is 39.2 Å². The third kappa shape index (κ3) is 4.45. The van der Waals surface area contributed by atoms with Crippen LogP contribution in [-0.4, -0.2) is 22.4 Å². The van der Waals surface area contributed by atoms with E-state index < -0.39 is 0 Å². The lowest BCUT2D eigenvalue weighted by Crippen LogP contribution is -2.24. The van der Waals surface area contributed by atoms with Crippen molar-refractivity contribution in [3.8, 4) is 0 Å². The molecule has 0 bridgehead atoms. The van der Waals surface area contributed by atoms with E-state index in [1.165, 1.54) is 5.56 Å². The van der Waals surface area contributed by atoms with Gasteiger partial charge in [-0.1, -0.05) is 48.0 Å². The van der Waals surface area contributed by atoms with Crippen LogP contribution < -0.4 is 10.2 Å². The molecule has 1 amide bonds. The highest BCUT2D eigenvalue weighted by Gasteiger charge is 2.11. The molecule has 0 saturated heterocycles. The average Bonchev–Trinajstić information content (AvgIpc) is 2.69. The average molecular weight is 346 g/mol. The number of benzene rings is 2. The van der Waals surface area contributed by atoms with Crippen molar-refractivity contribution in [2.45, 2.75) is 20.4 Å². The molecule has 0 saturated carbocycles. The van der Waals surface area contributed by atoms with E-state index >= 15 is 0 Å². The van der Waals surface area contributed by atoms with Gasteiger partial charge in [0.2, 0.25) is 5.95 Å². The van der Waals surface area contributed by atoms with Gasteiger partial charge in [0.1, 0.15) is 0 Å². The van der Waals surface area contributed by atoms with Crippen molar-refractivity contribution in [2.24, 2.45) is 0 Å². The van der Waals surface area contributed by atoms with Crippen LogP contribution in [0.15, 0.2) is 67.0 Å². The van der Waals surface area contributed by atoms with E-state index in [0.29, 0.717) is 11.5 Å². The zero-order valence-corrected chi connectivity index (χ0v) is 15.0. The van der Waals surface area contributed by atoms with E-state index in [1.54, 1.807) is 12.4 Å². The maximum atomic E-state index is 12.3. The first kappa shape index (κ1) is 17.6. The topological polar surface area (TPSA) is 58.1 Å². The molecule has 0 unspecified atom stereocenters. The fraction of sp³-hybridized carbons (Fsp3) is 0.190. The van der Waals surface area contributed by atoms with Gasteiger partial charge in [-0.25, -0.2) is 9.97 Å². The number of nitrogens with zero attached hydrogens (tertiary/aromatic N) is 3. The van der Waals surface area contributed by atoms with Gasteiger partial charge in [-0.2, -0.15) is 0 Å². The minimum atomic E-state index is -0.216. The molecule has 0 spiro atoms. The monoisotopic (exact) mass is 346 g/mol. The summed E-state index contributed by atoms with van der Waals surface area (Å²) in [7, 11) is 0. The third-order valence-electron chi connectivity index (χ3n) is 4.09. The fourth-order valence-corrected chi connectivity index (χ4v) is 2.57. The van der Waals surface area contributed by atoms with Crippen LogP contribution >= 0.6 is 0 Å². The van der Waals surface area contributed by atoms with Gasteiger partial charge >= 0.3 is 0 Å². The van der Waals surface area contributed by atoms with Crippen LogP contribution in [0.2, 0.25) is 0 Å². The minimum Gasteiger partial charge on any atom is -0.337 e. The number of anilines is 2. The number of aryl methyl sites for hydroxylation is 1. The predicted molar refractivity (Wildman–Crippen MR) is 104 cm³/mol. The number of aromatic nitrogens is 2. The van der Waals surface area contributed by atoms with Crippen molar-refractivity contribution in [2.75, 3.05) is 16.8 Å². The molecule has 1 N–H and O–H groups in total. The van der Waals surface area contributed by atoms with Crippen molar-refractivity contribution < 1.29 is 4.79 Å². The lowest BCUT2D eigenvalue weighted by atomic mass is 10.2. The Kier molecular flexibility index (Phi) is 5.59. The molecule has 3 rings (SSSR count). The van der Waals surface area contributed by atoms with Crippen molar-refractivity contribution in [1.29, 1.82) is 0 Å². The minimum absolute atomic E-state index is 0.216. The Morgan fingerprint density at radius 3 is 2.27 bits per heavy atom. The second-order valence-corrected chi connectivity index (χ2v) is 6.09. The number of carbonyl (C=O) groups excluding carboxylic acids is 1. The quantitative estimate of drug-likeness (QED) is 0.731. The molecule has 5 nitrogen and oxygen atoms in total. The third-order valence-corrected chi connectivity index (χ3v) is 4.09. The second kappa shape index (κ2) is 8.25. The number of rotatable bonds is 6. The normalized spacial score (nSPS) is 10.4. The fourth-order valence-electron chi connectivity index (χ4n) is 2.57. The first-order valence-electron chi connectivity index (χ1n) is 8.64. The van der Waals surface area contributed by atoms with Crippen LogP contribution in [0.1, 0.15) is 28.4 Å². The van der Waals surface area contributed by atoms with E-state index in [1.807, 2.05) is 49.4 Å². The Labute approximate surface area is 153 Å². The van der Waals surface area contributed by atoms with Gasteiger partial charge in [0.25, 0.3) is 5.91 Å². The Balaban J connectivity index is 1.68. The summed E-state index contributed by atoms with van der Waals surface area (Å²) >= 11 is 0. The van der Waals surface area contributed by atoms with Gasteiger partial charge in [0.05, 0.1) is 5.56 Å². The Hall–Kier alpha value is -3.21. The van der Waals surface area contributed by atoms with Gasteiger partial charge in [0.15, 0.2) is 0 Å². The molecule has 1 aromatic heterocycles. The van der Waals surface area contributed by atoms with Crippen LogP contribution in [0.5, 0.6) is 0 Å². The largest absolute Gasteiger partial charge is 0.337 e. The second-order valence-electron chi connectivity index (χ2n) is 6.09. The van der Waals surface area contributed by atoms with E-state index in [-0.39, 0.29) is 5.91 Å². The zero-order chi connectivity index (χ0) is 18.4. The highest BCUT2D eigenvalue weighted by Crippen LogP contribution is 2.14. The van der Waals surface area contributed by atoms with E-state index in [4.69, 9.17) is 0 Å². The molecule has 0 radical (unpaired) electrons. The summed E-state index contributed by atoms with van der Waals surface area (Å²) in [4.78, 5) is 23.2. The van der Waals surface area contributed by atoms with Crippen LogP contribution in [0, 0.1) is 6.92 Å². The number of carbonyl (C=O) groups is 1. The molecule has 2 aromatic carbocycles. The molecule has 5 heteroatoms. The Morgan fingerprint density at radius 2 is 1.65 bits per heavy atom. The van der Waals surface area contributed by atoms with Crippen molar-refractivity contribution >= 4 is 17.5 Å². The molecular weight excluding hydrogens is 324 g/mol. The summed E-state index contributed by atoms with van der Waals surface area (Å²) in [6, 6.07) is 17.8. The lowest BCUT2D eigenvalue weighted by molar-refractivity contribution is 0.102. The summed E-state index contributed by atoms with van der Waals surface area (Å²) in [6.07, 6.45) is 3.14. The molecule has 0 fully saturated rings. The predicted octanol–water partition coefficient (Wildman–Crippen LogP) is 4.06. The Morgan fingerprint density at radius 1 is 1.00 bits per heavy atom. The van der Waals surface area contributed by atoms with Crippen molar-refractivity contribution in [3.05, 3.63) is 83.7 Å². The highest BCUT2D eigenvalue weighted by atomic mass is 16.1. The van der Waals surface area contributed by atoms with E-state index in [9.17, 15) is 4.79 Å². The smallest absolute Gasteiger partial charge is 0.258 e. The number of hydrogen-bond donors (Lipinski definition) is 1. The molecule has 0 aliphatic rings. The van der Waals surface area contributed by atoms with Crippen LogP contribution in [0.4, 0.5) is 11.6 Å². The van der Waals surface area contributed by atoms with Crippen LogP contribution in [-0.2, 0) is 6.54 Å². The van der Waals surface area contributed by atoms with Gasteiger partial charge < -0.3 is 10.2 Å². The molecule has 0 aliphatic carbocycles. The molecule has 3 aromatic rings. The van der Waals surface area contributed by atoms with E-state index in [0.717, 1.165) is 24.3 Å². The zero-order valence-electron chi connectivity index (χ0n) is 15.0. The van der Waals surface area contributed by atoms with Gasteiger partial charge in [-0.05, 0) is 31.5 Å². The molecule has 132 valence electrons. The van der Waals surface area contributed by atoms with Crippen LogP contribution in [0.25, 0.3) is 0 Å². The number of hydrogen-bond acceptors (Lipinski definition) is 4. The van der Waals surface area contributed by atoms with Gasteiger partial charge in [0, 0.05) is 31.2 Å². The molecular formula is C21H22N4O. The number of nitrogens with one attached hydrogen (secondary N) is 1. The summed E-state index contributed by atoms with van der Waals surface area (Å²) in [5, 5.41) is 2.86. The lowest BCUT2D eigenvalue weighted by Gasteiger charge is -2.20. The maximum Gasteiger partial charge on any atom is 0.258 e. The number of amides is 1. The van der Waals surface area contributed by atoms with Gasteiger partial charge in [-0.3, -0.25) is 4.79 Å². The molecule has 0 atom stereocenters. The first-order valence-corrected chi connectivity index (χ1v) is 8.64. The van der Waals surface area contributed by atoms with Crippen molar-refractivity contribution in [3.63, 3.8) is 0 Å². The molecule has 1 heterocycles. The summed E-state index contributed by atoms with van der Waals surface area (Å²) < 4.78 is 0. The molecule has 0 aliphatic heterocycles. The summed E-state index contributed by atoms with van der Waals surface area (Å²) in [6.45, 7) is 5.58. The van der Waals surface area contributed by atoms with Crippen molar-refractivity contribution in [1.82, 2.24) is 9.97 Å². The van der Waals surface area contributed by atoms with Crippen LogP contribution in [0.3, 0.4) is 0 Å². The van der Waals surface area contributed by atoms with Gasteiger partial charge in [-0.15, -0.1) is 0 Å². The summed E-state index contributed by atoms with van der Waals surface area (Å²) in [5.74, 6) is 0.398. The first-order chi connectivity index (χ1) is 12.7. The Bertz CT molecular complexity index is 845. The maximum absolute atomic E-state index is 12.3. The highest BCUT2D eigenvalue weighted by molar-refractivity contribution is 6.03. The SMILES string of the molecule is CCN(Cc1ccccc1)c1ncc(C(=O)Nc2ccc(C)cc2)cn1. The summed E-state index contributed by atoms with van der Waals surface area (Å²) in [5.41, 5.74) is 3.53. The standard InChI is InChI=1S/C21H22N4O/c1-3-25(15-17-7-5-4-6-8-17)21-22-13-18(14-23-21)20(26)24-19-11-9-16(2)10-12-19/h4-14H,3,15H2,1-2H3,(H,24,26).